The molecule has 0 radical (unpaired) electrons. The molecule has 0 aromatic rings. The first-order chi connectivity index (χ1) is 26.4. The molecule has 0 aliphatic carbocycles. The predicted molar refractivity (Wildman–Crippen MR) is 229 cm³/mol. The molecular weight excluding hydrogens is 673 g/mol. The maximum absolute atomic E-state index is 12.7. The highest BCUT2D eigenvalue weighted by atomic mass is 16.6. The standard InChI is InChI=1S/C48H92O6/c1-5-7-9-11-13-15-16-17-18-19-20-21-22-23-25-27-32-36-40-47(50)53-43-45(54-48(51)41-37-33-29-28-30-34-38-44(3)4)42-52-46(49)39-35-31-26-24-14-12-10-8-6-2/h44-45H,5-43H2,1-4H3/t45-/m1/s1. The number of carbonyl (C=O) groups is 3. The van der Waals surface area contributed by atoms with Gasteiger partial charge in [-0.25, -0.2) is 0 Å². The molecule has 1 atom stereocenters. The van der Waals surface area contributed by atoms with Gasteiger partial charge in [0.25, 0.3) is 0 Å². The Morgan fingerprint density at radius 3 is 0.907 bits per heavy atom. The van der Waals surface area contributed by atoms with Gasteiger partial charge in [0, 0.05) is 19.3 Å². The number of carbonyl (C=O) groups excluding carboxylic acids is 3. The van der Waals surface area contributed by atoms with Gasteiger partial charge >= 0.3 is 17.9 Å². The molecule has 0 unspecified atom stereocenters. The Kier molecular flexibility index (Phi) is 41.3. The van der Waals surface area contributed by atoms with Crippen molar-refractivity contribution < 1.29 is 28.6 Å². The quantitative estimate of drug-likeness (QED) is 0.0349. The number of rotatable bonds is 43. The minimum atomic E-state index is -0.759. The van der Waals surface area contributed by atoms with Crippen LogP contribution in [0.2, 0.25) is 0 Å². The lowest BCUT2D eigenvalue weighted by Gasteiger charge is -2.18. The van der Waals surface area contributed by atoms with Crippen molar-refractivity contribution in [1.82, 2.24) is 0 Å². The lowest BCUT2D eigenvalue weighted by molar-refractivity contribution is -0.167. The van der Waals surface area contributed by atoms with E-state index < -0.39 is 6.10 Å². The fraction of sp³-hybridized carbons (Fsp3) is 0.938. The first-order valence-electron chi connectivity index (χ1n) is 23.9. The second kappa shape index (κ2) is 42.6. The van der Waals surface area contributed by atoms with Gasteiger partial charge in [-0.3, -0.25) is 14.4 Å². The highest BCUT2D eigenvalue weighted by molar-refractivity contribution is 5.71. The van der Waals surface area contributed by atoms with Crippen molar-refractivity contribution in [1.29, 1.82) is 0 Å². The van der Waals surface area contributed by atoms with Gasteiger partial charge in [0.2, 0.25) is 0 Å². The van der Waals surface area contributed by atoms with Crippen molar-refractivity contribution in [2.75, 3.05) is 13.2 Å². The Morgan fingerprint density at radius 1 is 0.352 bits per heavy atom. The van der Waals surface area contributed by atoms with Gasteiger partial charge < -0.3 is 14.2 Å². The molecule has 0 aromatic heterocycles. The first kappa shape index (κ1) is 52.4. The molecule has 0 aromatic carbocycles. The molecule has 0 fully saturated rings. The van der Waals surface area contributed by atoms with Gasteiger partial charge in [-0.05, 0) is 25.2 Å². The molecule has 6 heteroatoms. The number of hydrogen-bond donors (Lipinski definition) is 0. The van der Waals surface area contributed by atoms with Crippen LogP contribution in [-0.2, 0) is 28.6 Å². The van der Waals surface area contributed by atoms with Crippen molar-refractivity contribution in [2.24, 2.45) is 5.92 Å². The summed E-state index contributed by atoms with van der Waals surface area (Å²) in [6.45, 7) is 8.92. The zero-order chi connectivity index (χ0) is 39.6. The number of ether oxygens (including phenoxy) is 3. The molecule has 0 amide bonds. The van der Waals surface area contributed by atoms with E-state index in [1.807, 2.05) is 0 Å². The van der Waals surface area contributed by atoms with E-state index in [-0.39, 0.29) is 31.1 Å². The smallest absolute Gasteiger partial charge is 0.306 e. The maximum Gasteiger partial charge on any atom is 0.306 e. The number of unbranched alkanes of at least 4 members (excludes halogenated alkanes) is 30. The van der Waals surface area contributed by atoms with Crippen molar-refractivity contribution in [3.63, 3.8) is 0 Å². The van der Waals surface area contributed by atoms with E-state index in [1.54, 1.807) is 0 Å². The zero-order valence-electron chi connectivity index (χ0n) is 36.7. The van der Waals surface area contributed by atoms with Gasteiger partial charge in [0.15, 0.2) is 6.10 Å². The minimum Gasteiger partial charge on any atom is -0.462 e. The van der Waals surface area contributed by atoms with Crippen molar-refractivity contribution in [2.45, 2.75) is 271 Å². The van der Waals surface area contributed by atoms with Gasteiger partial charge in [-0.15, -0.1) is 0 Å². The Labute approximate surface area is 336 Å². The molecule has 0 heterocycles. The van der Waals surface area contributed by atoms with E-state index in [9.17, 15) is 14.4 Å². The van der Waals surface area contributed by atoms with Crippen LogP contribution in [0.5, 0.6) is 0 Å². The van der Waals surface area contributed by atoms with E-state index in [0.717, 1.165) is 63.7 Å². The molecule has 0 saturated carbocycles. The second-order valence-corrected chi connectivity index (χ2v) is 16.9. The summed E-state index contributed by atoms with van der Waals surface area (Å²) >= 11 is 0. The van der Waals surface area contributed by atoms with Crippen LogP contribution in [-0.4, -0.2) is 37.2 Å². The summed E-state index contributed by atoms with van der Waals surface area (Å²) in [5, 5.41) is 0. The zero-order valence-corrected chi connectivity index (χ0v) is 36.7. The van der Waals surface area contributed by atoms with Gasteiger partial charge in [0.05, 0.1) is 0 Å². The van der Waals surface area contributed by atoms with Crippen LogP contribution in [0.4, 0.5) is 0 Å². The topological polar surface area (TPSA) is 78.9 Å². The third kappa shape index (κ3) is 41.6. The summed E-state index contributed by atoms with van der Waals surface area (Å²) in [7, 11) is 0. The largest absolute Gasteiger partial charge is 0.462 e. The normalized spacial score (nSPS) is 11.9. The maximum atomic E-state index is 12.7. The molecule has 0 N–H and O–H groups in total. The highest BCUT2D eigenvalue weighted by Gasteiger charge is 2.19. The molecule has 0 spiro atoms. The fourth-order valence-corrected chi connectivity index (χ4v) is 7.16. The molecule has 6 nitrogen and oxygen atoms in total. The Bertz CT molecular complexity index is 811. The molecule has 0 aliphatic heterocycles. The summed E-state index contributed by atoms with van der Waals surface area (Å²) in [6.07, 6.45) is 42.5. The average Bonchev–Trinajstić information content (AvgIpc) is 3.15. The Balaban J connectivity index is 4.19. The monoisotopic (exact) mass is 765 g/mol. The van der Waals surface area contributed by atoms with Gasteiger partial charge in [0.1, 0.15) is 13.2 Å². The van der Waals surface area contributed by atoms with Crippen LogP contribution in [0.15, 0.2) is 0 Å². The van der Waals surface area contributed by atoms with Crippen LogP contribution in [0.3, 0.4) is 0 Å². The summed E-state index contributed by atoms with van der Waals surface area (Å²) < 4.78 is 16.7. The van der Waals surface area contributed by atoms with E-state index in [4.69, 9.17) is 14.2 Å². The molecule has 0 aliphatic rings. The molecule has 0 rings (SSSR count). The summed E-state index contributed by atoms with van der Waals surface area (Å²) in [5.41, 5.74) is 0. The molecular formula is C48H92O6. The molecule has 0 bridgehead atoms. The molecule has 320 valence electrons. The van der Waals surface area contributed by atoms with E-state index >= 15 is 0 Å². The second-order valence-electron chi connectivity index (χ2n) is 16.9. The molecule has 0 saturated heterocycles. The van der Waals surface area contributed by atoms with E-state index in [2.05, 4.69) is 27.7 Å². The summed E-state index contributed by atoms with van der Waals surface area (Å²) in [6, 6.07) is 0. The Morgan fingerprint density at radius 2 is 0.611 bits per heavy atom. The van der Waals surface area contributed by atoms with Crippen molar-refractivity contribution in [3.8, 4) is 0 Å². The summed E-state index contributed by atoms with van der Waals surface area (Å²) in [5.74, 6) is -0.100. The SMILES string of the molecule is CCCCCCCCCCCCCCCCCCCCC(=O)OC[C@@H](COC(=O)CCCCCCCCCCC)OC(=O)CCCCCCCCC(C)C. The van der Waals surface area contributed by atoms with Crippen molar-refractivity contribution >= 4 is 17.9 Å². The van der Waals surface area contributed by atoms with Gasteiger partial charge in [-0.1, -0.05) is 227 Å². The minimum absolute atomic E-state index is 0.0647. The van der Waals surface area contributed by atoms with Crippen LogP contribution in [0, 0.1) is 5.92 Å². The lowest BCUT2D eigenvalue weighted by Crippen LogP contribution is -2.30. The third-order valence-electron chi connectivity index (χ3n) is 10.8. The highest BCUT2D eigenvalue weighted by Crippen LogP contribution is 2.16. The van der Waals surface area contributed by atoms with Crippen LogP contribution in [0.1, 0.15) is 265 Å². The first-order valence-corrected chi connectivity index (χ1v) is 23.9. The van der Waals surface area contributed by atoms with Crippen LogP contribution < -0.4 is 0 Å². The number of esters is 3. The van der Waals surface area contributed by atoms with Crippen LogP contribution >= 0.6 is 0 Å². The third-order valence-corrected chi connectivity index (χ3v) is 10.8. The predicted octanol–water partition coefficient (Wildman–Crippen LogP) is 15.1. The number of hydrogen-bond acceptors (Lipinski definition) is 6. The van der Waals surface area contributed by atoms with Gasteiger partial charge in [-0.2, -0.15) is 0 Å². The van der Waals surface area contributed by atoms with E-state index in [1.165, 1.54) is 161 Å². The average molecular weight is 765 g/mol. The van der Waals surface area contributed by atoms with Crippen LogP contribution in [0.25, 0.3) is 0 Å². The lowest BCUT2D eigenvalue weighted by atomic mass is 10.0. The fourth-order valence-electron chi connectivity index (χ4n) is 7.16. The van der Waals surface area contributed by atoms with Crippen molar-refractivity contribution in [3.05, 3.63) is 0 Å². The summed E-state index contributed by atoms with van der Waals surface area (Å²) in [4.78, 5) is 37.6. The molecule has 54 heavy (non-hydrogen) atoms. The van der Waals surface area contributed by atoms with E-state index in [0.29, 0.717) is 19.3 Å². The Hall–Kier alpha value is -1.59.